The van der Waals surface area contributed by atoms with Gasteiger partial charge in [-0.25, -0.2) is 0 Å². The van der Waals surface area contributed by atoms with Crippen molar-refractivity contribution in [2.75, 3.05) is 0 Å². The second kappa shape index (κ2) is 4.92. The maximum absolute atomic E-state index is 4.64. The predicted octanol–water partition coefficient (Wildman–Crippen LogP) is 5.07. The lowest BCUT2D eigenvalue weighted by Gasteiger charge is -2.10. The topological polar surface area (TPSA) is 25.8 Å². The number of nitrogens with zero attached hydrogens (tertiary/aromatic N) is 2. The highest BCUT2D eigenvalue weighted by molar-refractivity contribution is 6.03. The average Bonchev–Trinajstić information content (AvgIpc) is 2.53. The number of aryl methyl sites for hydroxylation is 2. The Morgan fingerprint density at radius 1 is 0.545 bits per heavy atom. The molecule has 0 fully saturated rings. The van der Waals surface area contributed by atoms with Gasteiger partial charge < -0.3 is 0 Å². The van der Waals surface area contributed by atoms with Crippen molar-refractivity contribution in [1.29, 1.82) is 0 Å². The van der Waals surface area contributed by atoms with Crippen molar-refractivity contribution in [3.05, 3.63) is 72.1 Å². The van der Waals surface area contributed by atoms with Crippen LogP contribution in [0.25, 0.3) is 32.9 Å². The van der Waals surface area contributed by atoms with E-state index in [0.717, 1.165) is 22.4 Å². The van der Waals surface area contributed by atoms with Gasteiger partial charge in [0, 0.05) is 22.2 Å². The van der Waals surface area contributed by atoms with Crippen molar-refractivity contribution >= 4 is 21.8 Å². The van der Waals surface area contributed by atoms with Crippen LogP contribution in [-0.2, 0) is 0 Å². The van der Waals surface area contributed by atoms with Crippen LogP contribution >= 0.6 is 0 Å². The molecule has 2 nitrogen and oxygen atoms in total. The zero-order valence-electron chi connectivity index (χ0n) is 12.7. The van der Waals surface area contributed by atoms with E-state index in [-0.39, 0.29) is 0 Å². The molecule has 0 unspecified atom stereocenters. The number of hydrogen-bond donors (Lipinski definition) is 0. The van der Waals surface area contributed by atoms with Crippen molar-refractivity contribution < 1.29 is 0 Å². The molecule has 2 aromatic carbocycles. The summed E-state index contributed by atoms with van der Waals surface area (Å²) in [6, 6.07) is 21.1. The molecule has 22 heavy (non-hydrogen) atoms. The van der Waals surface area contributed by atoms with E-state index in [1.165, 1.54) is 21.9 Å². The molecule has 0 amide bonds. The fourth-order valence-electron chi connectivity index (χ4n) is 2.98. The molecular weight excluding hydrogens is 268 g/mol. The fourth-order valence-corrected chi connectivity index (χ4v) is 2.98. The van der Waals surface area contributed by atoms with Gasteiger partial charge in [0.25, 0.3) is 0 Å². The minimum Gasteiger partial charge on any atom is -0.253 e. The molecule has 4 aromatic rings. The third-order valence-electron chi connectivity index (χ3n) is 4.03. The van der Waals surface area contributed by atoms with Crippen LogP contribution in [-0.4, -0.2) is 9.97 Å². The molecule has 0 aliphatic carbocycles. The maximum atomic E-state index is 4.64. The average molecular weight is 284 g/mol. The highest BCUT2D eigenvalue weighted by Crippen LogP contribution is 2.32. The predicted molar refractivity (Wildman–Crippen MR) is 92.0 cm³/mol. The highest BCUT2D eigenvalue weighted by atomic mass is 14.7. The molecule has 0 spiro atoms. The lowest BCUT2D eigenvalue weighted by Crippen LogP contribution is -1.89. The summed E-state index contributed by atoms with van der Waals surface area (Å²) in [6.07, 6.45) is 0. The largest absolute Gasteiger partial charge is 0.253 e. The van der Waals surface area contributed by atoms with E-state index in [4.69, 9.17) is 0 Å². The van der Waals surface area contributed by atoms with Gasteiger partial charge in [-0.05, 0) is 49.2 Å². The van der Waals surface area contributed by atoms with E-state index in [1.807, 2.05) is 13.8 Å². The number of rotatable bonds is 1. The number of benzene rings is 2. The third kappa shape index (κ3) is 2.04. The number of fused-ring (bicyclic) bond motifs is 2. The maximum Gasteiger partial charge on any atom is 0.0711 e. The Hall–Kier alpha value is -2.74. The summed E-state index contributed by atoms with van der Waals surface area (Å²) in [5.41, 5.74) is 6.58. The van der Waals surface area contributed by atoms with Gasteiger partial charge in [-0.1, -0.05) is 36.4 Å². The van der Waals surface area contributed by atoms with E-state index in [1.54, 1.807) is 0 Å². The summed E-state index contributed by atoms with van der Waals surface area (Å²) in [7, 11) is 0. The Bertz CT molecular complexity index is 920. The van der Waals surface area contributed by atoms with Crippen molar-refractivity contribution in [3.63, 3.8) is 0 Å². The standard InChI is InChI=1S/C20H16N2/c1-13-9-11-17-15(5-3-7-19(17)21-13)16-6-4-8-20-18(16)12-10-14(2)22-20/h3-12H,1-2H3. The molecule has 0 saturated heterocycles. The first-order valence-electron chi connectivity index (χ1n) is 7.45. The van der Waals surface area contributed by atoms with Crippen LogP contribution in [0.3, 0.4) is 0 Å². The van der Waals surface area contributed by atoms with Gasteiger partial charge in [0.2, 0.25) is 0 Å². The summed E-state index contributed by atoms with van der Waals surface area (Å²) in [6.45, 7) is 4.05. The zero-order chi connectivity index (χ0) is 15.1. The van der Waals surface area contributed by atoms with Gasteiger partial charge in [0.15, 0.2) is 0 Å². The minimum atomic E-state index is 1.04. The molecule has 2 aromatic heterocycles. The quantitative estimate of drug-likeness (QED) is 0.488. The van der Waals surface area contributed by atoms with Crippen LogP contribution < -0.4 is 0 Å². The molecule has 0 radical (unpaired) electrons. The Morgan fingerprint density at radius 3 is 1.45 bits per heavy atom. The lowest BCUT2D eigenvalue weighted by atomic mass is 9.96. The second-order valence-corrected chi connectivity index (χ2v) is 5.65. The van der Waals surface area contributed by atoms with Crippen molar-refractivity contribution in [2.45, 2.75) is 13.8 Å². The van der Waals surface area contributed by atoms with Crippen LogP contribution in [0.15, 0.2) is 60.7 Å². The number of aromatic nitrogens is 2. The summed E-state index contributed by atoms with van der Waals surface area (Å²) >= 11 is 0. The SMILES string of the molecule is Cc1ccc2c(-c3cccc4nc(C)ccc34)cccc2n1. The van der Waals surface area contributed by atoms with Crippen molar-refractivity contribution in [3.8, 4) is 11.1 Å². The lowest BCUT2D eigenvalue weighted by molar-refractivity contribution is 1.25. The van der Waals surface area contributed by atoms with Crippen LogP contribution in [0.5, 0.6) is 0 Å². The van der Waals surface area contributed by atoms with Gasteiger partial charge in [0.1, 0.15) is 0 Å². The summed E-state index contributed by atoms with van der Waals surface area (Å²) in [5, 5.41) is 2.36. The Labute approximate surface area is 129 Å². The molecule has 106 valence electrons. The molecule has 0 saturated carbocycles. The molecule has 0 aliphatic heterocycles. The molecule has 0 N–H and O–H groups in total. The van der Waals surface area contributed by atoms with Gasteiger partial charge in [-0.2, -0.15) is 0 Å². The van der Waals surface area contributed by atoms with Crippen LogP contribution in [0, 0.1) is 13.8 Å². The fraction of sp³-hybridized carbons (Fsp3) is 0.100. The van der Waals surface area contributed by atoms with E-state index in [9.17, 15) is 0 Å². The van der Waals surface area contributed by atoms with Crippen LogP contribution in [0.2, 0.25) is 0 Å². The van der Waals surface area contributed by atoms with Gasteiger partial charge in [-0.15, -0.1) is 0 Å². The van der Waals surface area contributed by atoms with Crippen molar-refractivity contribution in [2.24, 2.45) is 0 Å². The monoisotopic (exact) mass is 284 g/mol. The molecule has 2 heteroatoms. The molecule has 2 heterocycles. The first-order chi connectivity index (χ1) is 10.7. The third-order valence-corrected chi connectivity index (χ3v) is 4.03. The first kappa shape index (κ1) is 13.0. The minimum absolute atomic E-state index is 1.04. The Kier molecular flexibility index (Phi) is 2.90. The van der Waals surface area contributed by atoms with Crippen LogP contribution in [0.4, 0.5) is 0 Å². The van der Waals surface area contributed by atoms with E-state index >= 15 is 0 Å². The van der Waals surface area contributed by atoms with Gasteiger partial charge in [0.05, 0.1) is 11.0 Å². The van der Waals surface area contributed by atoms with Crippen LogP contribution in [0.1, 0.15) is 11.4 Å². The Balaban J connectivity index is 2.07. The Morgan fingerprint density at radius 2 is 1.00 bits per heavy atom. The smallest absolute Gasteiger partial charge is 0.0711 e. The zero-order valence-corrected chi connectivity index (χ0v) is 12.7. The molecule has 4 rings (SSSR count). The van der Waals surface area contributed by atoms with Gasteiger partial charge in [-0.3, -0.25) is 9.97 Å². The van der Waals surface area contributed by atoms with Gasteiger partial charge >= 0.3 is 0 Å². The number of hydrogen-bond acceptors (Lipinski definition) is 2. The summed E-state index contributed by atoms with van der Waals surface area (Å²) in [5.74, 6) is 0. The molecular formula is C20H16N2. The van der Waals surface area contributed by atoms with E-state index in [2.05, 4.69) is 70.6 Å². The first-order valence-corrected chi connectivity index (χ1v) is 7.45. The van der Waals surface area contributed by atoms with E-state index < -0.39 is 0 Å². The number of pyridine rings is 2. The summed E-state index contributed by atoms with van der Waals surface area (Å²) in [4.78, 5) is 9.28. The summed E-state index contributed by atoms with van der Waals surface area (Å²) < 4.78 is 0. The molecule has 0 atom stereocenters. The van der Waals surface area contributed by atoms with Crippen molar-refractivity contribution in [1.82, 2.24) is 9.97 Å². The molecule has 0 bridgehead atoms. The highest BCUT2D eigenvalue weighted by Gasteiger charge is 2.08. The van der Waals surface area contributed by atoms with E-state index in [0.29, 0.717) is 0 Å². The normalized spacial score (nSPS) is 11.2. The molecule has 0 aliphatic rings. The second-order valence-electron chi connectivity index (χ2n) is 5.65.